The zero-order chi connectivity index (χ0) is 12.3. The highest BCUT2D eigenvalue weighted by molar-refractivity contribution is 5.55. The molecule has 2 aromatic heterocycles. The summed E-state index contributed by atoms with van der Waals surface area (Å²) in [6, 6.07) is 7.98. The highest BCUT2D eigenvalue weighted by atomic mass is 15.0. The van der Waals surface area contributed by atoms with Crippen molar-refractivity contribution in [3.63, 3.8) is 0 Å². The molecular weight excluding hydrogens is 210 g/mol. The van der Waals surface area contributed by atoms with Crippen LogP contribution < -0.4 is 5.32 Å². The van der Waals surface area contributed by atoms with E-state index >= 15 is 0 Å². The third-order valence-electron chi connectivity index (χ3n) is 2.58. The van der Waals surface area contributed by atoms with Gasteiger partial charge in [-0.3, -0.25) is 4.98 Å². The Morgan fingerprint density at radius 2 is 1.71 bits per heavy atom. The summed E-state index contributed by atoms with van der Waals surface area (Å²) in [6.07, 6.45) is 5.36. The summed E-state index contributed by atoms with van der Waals surface area (Å²) in [5.74, 6) is 0.864. The molecule has 0 aliphatic carbocycles. The van der Waals surface area contributed by atoms with Crippen molar-refractivity contribution < 1.29 is 0 Å². The summed E-state index contributed by atoms with van der Waals surface area (Å²) in [6.45, 7) is 6.58. The predicted octanol–water partition coefficient (Wildman–Crippen LogP) is 3.52. The molecule has 1 N–H and O–H groups in total. The first-order chi connectivity index (χ1) is 8.05. The van der Waals surface area contributed by atoms with E-state index in [1.807, 2.05) is 18.3 Å². The molecule has 0 saturated carbocycles. The van der Waals surface area contributed by atoms with Crippen molar-refractivity contribution in [1.82, 2.24) is 9.97 Å². The maximum Gasteiger partial charge on any atom is 0.130 e. The molecule has 2 aromatic rings. The van der Waals surface area contributed by atoms with Gasteiger partial charge in [0, 0.05) is 24.3 Å². The Bertz CT molecular complexity index is 486. The zero-order valence-electron chi connectivity index (χ0n) is 10.4. The number of pyridine rings is 2. The van der Waals surface area contributed by atoms with Crippen LogP contribution in [0.3, 0.4) is 0 Å². The molecule has 3 heteroatoms. The summed E-state index contributed by atoms with van der Waals surface area (Å²) >= 11 is 0. The largest absolute Gasteiger partial charge is 0.340 e. The van der Waals surface area contributed by atoms with Gasteiger partial charge in [-0.1, -0.05) is 20.8 Å². The lowest BCUT2D eigenvalue weighted by Crippen LogP contribution is -2.11. The Balaban J connectivity index is 2.23. The molecule has 17 heavy (non-hydrogen) atoms. The van der Waals surface area contributed by atoms with Gasteiger partial charge in [-0.05, 0) is 35.2 Å². The maximum absolute atomic E-state index is 4.32. The SMILES string of the molecule is CC(C)(C)c1ccnc(Nc2ccncc2)c1. The molecule has 0 bridgehead atoms. The quantitative estimate of drug-likeness (QED) is 0.853. The molecule has 0 unspecified atom stereocenters. The summed E-state index contributed by atoms with van der Waals surface area (Å²) in [7, 11) is 0. The van der Waals surface area contributed by atoms with Gasteiger partial charge >= 0.3 is 0 Å². The van der Waals surface area contributed by atoms with Gasteiger partial charge in [-0.2, -0.15) is 0 Å². The predicted molar refractivity (Wildman–Crippen MR) is 70.5 cm³/mol. The van der Waals surface area contributed by atoms with Gasteiger partial charge in [-0.15, -0.1) is 0 Å². The van der Waals surface area contributed by atoms with E-state index in [1.54, 1.807) is 12.4 Å². The number of nitrogens with one attached hydrogen (secondary N) is 1. The third kappa shape index (κ3) is 3.03. The van der Waals surface area contributed by atoms with E-state index in [1.165, 1.54) is 5.56 Å². The minimum Gasteiger partial charge on any atom is -0.340 e. The minimum atomic E-state index is 0.137. The van der Waals surface area contributed by atoms with Crippen LogP contribution in [-0.2, 0) is 5.41 Å². The molecule has 0 aliphatic rings. The Labute approximate surface area is 102 Å². The monoisotopic (exact) mass is 227 g/mol. The van der Waals surface area contributed by atoms with E-state index in [9.17, 15) is 0 Å². The van der Waals surface area contributed by atoms with Crippen molar-refractivity contribution in [1.29, 1.82) is 0 Å². The molecular formula is C14H17N3. The molecule has 0 saturated heterocycles. The molecule has 0 amide bonds. The molecule has 0 aliphatic heterocycles. The number of anilines is 2. The van der Waals surface area contributed by atoms with E-state index in [4.69, 9.17) is 0 Å². The maximum atomic E-state index is 4.32. The highest BCUT2D eigenvalue weighted by Gasteiger charge is 2.13. The molecule has 3 nitrogen and oxygen atoms in total. The summed E-state index contributed by atoms with van der Waals surface area (Å²) < 4.78 is 0. The van der Waals surface area contributed by atoms with Crippen LogP contribution in [0.15, 0.2) is 42.9 Å². The average Bonchev–Trinajstić information content (AvgIpc) is 2.29. The van der Waals surface area contributed by atoms with Gasteiger partial charge in [0.2, 0.25) is 0 Å². The Morgan fingerprint density at radius 1 is 1.00 bits per heavy atom. The van der Waals surface area contributed by atoms with E-state index in [0.29, 0.717) is 0 Å². The van der Waals surface area contributed by atoms with Gasteiger partial charge in [-0.25, -0.2) is 4.98 Å². The molecule has 0 fully saturated rings. The zero-order valence-corrected chi connectivity index (χ0v) is 10.4. The molecule has 2 rings (SSSR count). The molecule has 0 aromatic carbocycles. The first kappa shape index (κ1) is 11.6. The van der Waals surface area contributed by atoms with E-state index in [2.05, 4.69) is 48.2 Å². The van der Waals surface area contributed by atoms with Gasteiger partial charge < -0.3 is 5.32 Å². The first-order valence-electron chi connectivity index (χ1n) is 5.69. The summed E-state index contributed by atoms with van der Waals surface area (Å²) in [5, 5.41) is 3.27. The normalized spacial score (nSPS) is 11.2. The lowest BCUT2D eigenvalue weighted by Gasteiger charge is -2.19. The van der Waals surface area contributed by atoms with Crippen molar-refractivity contribution >= 4 is 11.5 Å². The smallest absolute Gasteiger partial charge is 0.130 e. The van der Waals surface area contributed by atoms with E-state index < -0.39 is 0 Å². The van der Waals surface area contributed by atoms with Gasteiger partial charge in [0.25, 0.3) is 0 Å². The standard InChI is InChI=1S/C14H17N3/c1-14(2,3)11-4-9-16-13(10-11)17-12-5-7-15-8-6-12/h4-10H,1-3H3,(H,15,16,17). The van der Waals surface area contributed by atoms with Crippen molar-refractivity contribution in [2.24, 2.45) is 0 Å². The van der Waals surface area contributed by atoms with Gasteiger partial charge in [0.05, 0.1) is 0 Å². The lowest BCUT2D eigenvalue weighted by atomic mass is 9.88. The topological polar surface area (TPSA) is 37.8 Å². The van der Waals surface area contributed by atoms with Crippen LogP contribution in [-0.4, -0.2) is 9.97 Å². The van der Waals surface area contributed by atoms with Crippen LogP contribution in [0.4, 0.5) is 11.5 Å². The number of rotatable bonds is 2. The van der Waals surface area contributed by atoms with Crippen LogP contribution in [0.25, 0.3) is 0 Å². The van der Waals surface area contributed by atoms with E-state index in [0.717, 1.165) is 11.5 Å². The molecule has 0 spiro atoms. The number of hydrogen-bond acceptors (Lipinski definition) is 3. The Hall–Kier alpha value is -1.90. The van der Waals surface area contributed by atoms with Crippen molar-refractivity contribution in [2.75, 3.05) is 5.32 Å². The van der Waals surface area contributed by atoms with Crippen LogP contribution >= 0.6 is 0 Å². The number of nitrogens with zero attached hydrogens (tertiary/aromatic N) is 2. The van der Waals surface area contributed by atoms with Crippen LogP contribution in [0.5, 0.6) is 0 Å². The van der Waals surface area contributed by atoms with Crippen LogP contribution in [0, 0.1) is 0 Å². The second-order valence-corrected chi connectivity index (χ2v) is 5.04. The first-order valence-corrected chi connectivity index (χ1v) is 5.69. The van der Waals surface area contributed by atoms with Crippen molar-refractivity contribution in [3.05, 3.63) is 48.4 Å². The second kappa shape index (κ2) is 4.53. The van der Waals surface area contributed by atoms with Gasteiger partial charge in [0.1, 0.15) is 5.82 Å². The molecule has 0 radical (unpaired) electrons. The molecule has 0 atom stereocenters. The minimum absolute atomic E-state index is 0.137. The fourth-order valence-corrected chi connectivity index (χ4v) is 1.55. The Morgan fingerprint density at radius 3 is 2.35 bits per heavy atom. The summed E-state index contributed by atoms with van der Waals surface area (Å²) in [4.78, 5) is 8.30. The second-order valence-electron chi connectivity index (χ2n) is 5.04. The third-order valence-corrected chi connectivity index (χ3v) is 2.58. The van der Waals surface area contributed by atoms with Crippen LogP contribution in [0.2, 0.25) is 0 Å². The molecule has 88 valence electrons. The van der Waals surface area contributed by atoms with Gasteiger partial charge in [0.15, 0.2) is 0 Å². The summed E-state index contributed by atoms with van der Waals surface area (Å²) in [5.41, 5.74) is 2.40. The van der Waals surface area contributed by atoms with E-state index in [-0.39, 0.29) is 5.41 Å². The number of aromatic nitrogens is 2. The Kier molecular flexibility index (Phi) is 3.09. The van der Waals surface area contributed by atoms with Crippen molar-refractivity contribution in [3.8, 4) is 0 Å². The number of hydrogen-bond donors (Lipinski definition) is 1. The fraction of sp³-hybridized carbons (Fsp3) is 0.286. The lowest BCUT2D eigenvalue weighted by molar-refractivity contribution is 0.589. The highest BCUT2D eigenvalue weighted by Crippen LogP contribution is 2.24. The molecule has 2 heterocycles. The fourth-order valence-electron chi connectivity index (χ4n) is 1.55. The van der Waals surface area contributed by atoms with Crippen molar-refractivity contribution in [2.45, 2.75) is 26.2 Å². The van der Waals surface area contributed by atoms with Crippen LogP contribution in [0.1, 0.15) is 26.3 Å². The average molecular weight is 227 g/mol.